The summed E-state index contributed by atoms with van der Waals surface area (Å²) in [6.07, 6.45) is 4.26. The molecule has 0 saturated carbocycles. The minimum absolute atomic E-state index is 0.171. The van der Waals surface area contributed by atoms with Gasteiger partial charge in [-0.25, -0.2) is 0 Å². The number of rotatable bonds is 4. The van der Waals surface area contributed by atoms with Crippen LogP contribution in [-0.4, -0.2) is 17.4 Å². The van der Waals surface area contributed by atoms with Crippen molar-refractivity contribution in [2.24, 2.45) is 0 Å². The fraction of sp³-hybridized carbons (Fsp3) is 0.143. The Bertz CT molecular complexity index is 575. The van der Waals surface area contributed by atoms with E-state index in [-0.39, 0.29) is 5.91 Å². The van der Waals surface area contributed by atoms with Crippen LogP contribution in [0.1, 0.15) is 15.9 Å². The molecule has 0 aliphatic heterocycles. The number of nitrogens with zero attached hydrogens (tertiary/aromatic N) is 1. The summed E-state index contributed by atoms with van der Waals surface area (Å²) in [6, 6.07) is 9.06. The molecule has 3 nitrogen and oxygen atoms in total. The van der Waals surface area contributed by atoms with Crippen molar-refractivity contribution in [3.63, 3.8) is 0 Å². The summed E-state index contributed by atoms with van der Waals surface area (Å²) in [5, 5.41) is 3.29. The number of halogens is 2. The van der Waals surface area contributed by atoms with E-state index in [9.17, 15) is 4.79 Å². The zero-order valence-electron chi connectivity index (χ0n) is 10.1. The zero-order chi connectivity index (χ0) is 13.7. The SMILES string of the molecule is O=C(NCCc1cccnc1)c1cc(Br)ccc1Cl. The van der Waals surface area contributed by atoms with Crippen molar-refractivity contribution in [3.05, 3.63) is 63.3 Å². The monoisotopic (exact) mass is 338 g/mol. The molecule has 0 aliphatic rings. The molecule has 2 aromatic rings. The second-order valence-electron chi connectivity index (χ2n) is 3.99. The molecule has 5 heteroatoms. The molecular weight excluding hydrogens is 328 g/mol. The van der Waals surface area contributed by atoms with Crippen LogP contribution in [0.25, 0.3) is 0 Å². The summed E-state index contributed by atoms with van der Waals surface area (Å²) >= 11 is 9.32. The highest BCUT2D eigenvalue weighted by atomic mass is 79.9. The maximum atomic E-state index is 12.0. The molecule has 19 heavy (non-hydrogen) atoms. The van der Waals surface area contributed by atoms with Gasteiger partial charge in [-0.3, -0.25) is 9.78 Å². The van der Waals surface area contributed by atoms with Gasteiger partial charge in [0, 0.05) is 23.4 Å². The fourth-order valence-corrected chi connectivity index (χ4v) is 2.20. The normalized spacial score (nSPS) is 10.2. The third-order valence-electron chi connectivity index (χ3n) is 2.60. The van der Waals surface area contributed by atoms with Crippen LogP contribution < -0.4 is 5.32 Å². The van der Waals surface area contributed by atoms with Crippen LogP contribution in [0, 0.1) is 0 Å². The van der Waals surface area contributed by atoms with E-state index in [1.165, 1.54) is 0 Å². The molecule has 0 saturated heterocycles. The summed E-state index contributed by atoms with van der Waals surface area (Å²) in [4.78, 5) is 16.0. The lowest BCUT2D eigenvalue weighted by molar-refractivity contribution is 0.0954. The van der Waals surface area contributed by atoms with Crippen LogP contribution in [0.3, 0.4) is 0 Å². The standard InChI is InChI=1S/C14H12BrClN2O/c15-11-3-4-13(16)12(8-11)14(19)18-7-5-10-2-1-6-17-9-10/h1-4,6,8-9H,5,7H2,(H,18,19). The molecule has 1 aromatic carbocycles. The number of carbonyl (C=O) groups is 1. The lowest BCUT2D eigenvalue weighted by Crippen LogP contribution is -2.26. The van der Waals surface area contributed by atoms with Gasteiger partial charge in [-0.2, -0.15) is 0 Å². The Morgan fingerprint density at radius 3 is 2.95 bits per heavy atom. The number of aromatic nitrogens is 1. The van der Waals surface area contributed by atoms with Crippen LogP contribution >= 0.6 is 27.5 Å². The highest BCUT2D eigenvalue weighted by molar-refractivity contribution is 9.10. The van der Waals surface area contributed by atoms with E-state index >= 15 is 0 Å². The molecule has 98 valence electrons. The van der Waals surface area contributed by atoms with Crippen LogP contribution in [0.15, 0.2) is 47.2 Å². The van der Waals surface area contributed by atoms with Gasteiger partial charge in [0.25, 0.3) is 5.91 Å². The Morgan fingerprint density at radius 2 is 2.21 bits per heavy atom. The molecule has 0 unspecified atom stereocenters. The van der Waals surface area contributed by atoms with Crippen molar-refractivity contribution in [2.75, 3.05) is 6.54 Å². The summed E-state index contributed by atoms with van der Waals surface area (Å²) in [5.41, 5.74) is 1.56. The first-order valence-corrected chi connectivity index (χ1v) is 6.96. The molecule has 0 spiro atoms. The molecule has 1 amide bonds. The largest absolute Gasteiger partial charge is 0.352 e. The molecule has 0 bridgehead atoms. The quantitative estimate of drug-likeness (QED) is 0.927. The summed E-state index contributed by atoms with van der Waals surface area (Å²) < 4.78 is 0.828. The number of carbonyl (C=O) groups excluding carboxylic acids is 1. The maximum absolute atomic E-state index is 12.0. The maximum Gasteiger partial charge on any atom is 0.252 e. The number of amides is 1. The van der Waals surface area contributed by atoms with Gasteiger partial charge in [0.1, 0.15) is 0 Å². The van der Waals surface area contributed by atoms with Crippen molar-refractivity contribution in [1.29, 1.82) is 0 Å². The summed E-state index contributed by atoms with van der Waals surface area (Å²) in [6.45, 7) is 0.549. The number of pyridine rings is 1. The highest BCUT2D eigenvalue weighted by Gasteiger charge is 2.10. The number of benzene rings is 1. The summed E-state index contributed by atoms with van der Waals surface area (Å²) in [7, 11) is 0. The minimum Gasteiger partial charge on any atom is -0.352 e. The first-order chi connectivity index (χ1) is 9.16. The van der Waals surface area contributed by atoms with E-state index in [0.717, 1.165) is 16.5 Å². The third-order valence-corrected chi connectivity index (χ3v) is 3.42. The van der Waals surface area contributed by atoms with E-state index < -0.39 is 0 Å². The molecule has 1 heterocycles. The van der Waals surface area contributed by atoms with Crippen molar-refractivity contribution in [1.82, 2.24) is 10.3 Å². The Hall–Kier alpha value is -1.39. The predicted molar refractivity (Wildman–Crippen MR) is 79.4 cm³/mol. The lowest BCUT2D eigenvalue weighted by Gasteiger charge is -2.07. The fourth-order valence-electron chi connectivity index (χ4n) is 1.63. The third kappa shape index (κ3) is 4.04. The van der Waals surface area contributed by atoms with E-state index in [2.05, 4.69) is 26.2 Å². The smallest absolute Gasteiger partial charge is 0.252 e. The Labute approximate surface area is 125 Å². The highest BCUT2D eigenvalue weighted by Crippen LogP contribution is 2.20. The Balaban J connectivity index is 1.93. The second kappa shape index (κ2) is 6.68. The van der Waals surface area contributed by atoms with E-state index in [4.69, 9.17) is 11.6 Å². The predicted octanol–water partition coefficient (Wildman–Crippen LogP) is 3.47. The van der Waals surface area contributed by atoms with Gasteiger partial charge in [-0.05, 0) is 36.2 Å². The molecular formula is C14H12BrClN2O. The Morgan fingerprint density at radius 1 is 1.37 bits per heavy atom. The van der Waals surface area contributed by atoms with E-state index in [1.54, 1.807) is 30.6 Å². The van der Waals surface area contributed by atoms with Gasteiger partial charge in [0.2, 0.25) is 0 Å². The molecule has 1 N–H and O–H groups in total. The van der Waals surface area contributed by atoms with Crippen LogP contribution in [-0.2, 0) is 6.42 Å². The van der Waals surface area contributed by atoms with Crippen molar-refractivity contribution >= 4 is 33.4 Å². The van der Waals surface area contributed by atoms with Gasteiger partial charge in [0.05, 0.1) is 10.6 Å². The molecule has 0 aliphatic carbocycles. The Kier molecular flexibility index (Phi) is 4.93. The van der Waals surface area contributed by atoms with E-state index in [1.807, 2.05) is 12.1 Å². The van der Waals surface area contributed by atoms with Gasteiger partial charge in [-0.15, -0.1) is 0 Å². The number of hydrogen-bond donors (Lipinski definition) is 1. The van der Waals surface area contributed by atoms with E-state index in [0.29, 0.717) is 17.1 Å². The van der Waals surface area contributed by atoms with Gasteiger partial charge >= 0.3 is 0 Å². The first kappa shape index (κ1) is 14.0. The van der Waals surface area contributed by atoms with Gasteiger partial charge < -0.3 is 5.32 Å². The summed E-state index contributed by atoms with van der Waals surface area (Å²) in [5.74, 6) is -0.171. The lowest BCUT2D eigenvalue weighted by atomic mass is 10.2. The van der Waals surface area contributed by atoms with Crippen molar-refractivity contribution in [3.8, 4) is 0 Å². The van der Waals surface area contributed by atoms with Crippen LogP contribution in [0.5, 0.6) is 0 Å². The van der Waals surface area contributed by atoms with Crippen molar-refractivity contribution < 1.29 is 4.79 Å². The van der Waals surface area contributed by atoms with Crippen molar-refractivity contribution in [2.45, 2.75) is 6.42 Å². The average molecular weight is 340 g/mol. The molecule has 2 rings (SSSR count). The molecule has 0 radical (unpaired) electrons. The van der Waals surface area contributed by atoms with Gasteiger partial charge in [-0.1, -0.05) is 33.6 Å². The topological polar surface area (TPSA) is 42.0 Å². The molecule has 0 atom stereocenters. The second-order valence-corrected chi connectivity index (χ2v) is 5.31. The zero-order valence-corrected chi connectivity index (χ0v) is 12.4. The molecule has 0 fully saturated rings. The van der Waals surface area contributed by atoms with Gasteiger partial charge in [0.15, 0.2) is 0 Å². The van der Waals surface area contributed by atoms with Crippen LogP contribution in [0.4, 0.5) is 0 Å². The first-order valence-electron chi connectivity index (χ1n) is 5.79. The average Bonchev–Trinajstić information content (AvgIpc) is 2.42. The number of nitrogens with one attached hydrogen (secondary N) is 1. The number of hydrogen-bond acceptors (Lipinski definition) is 2. The minimum atomic E-state index is -0.171. The molecule has 1 aromatic heterocycles. The van der Waals surface area contributed by atoms with Crippen LogP contribution in [0.2, 0.25) is 5.02 Å².